The first-order chi connectivity index (χ1) is 18.0. The van der Waals surface area contributed by atoms with Gasteiger partial charge in [0.05, 0.1) is 12.3 Å². The number of halogens is 3. The van der Waals surface area contributed by atoms with Gasteiger partial charge in [-0.2, -0.15) is 18.2 Å². The summed E-state index contributed by atoms with van der Waals surface area (Å²) in [4.78, 5) is 38.5. The number of nitrogens with zero attached hydrogens (tertiary/aromatic N) is 5. The highest BCUT2D eigenvalue weighted by Gasteiger charge is 2.43. The smallest absolute Gasteiger partial charge is 0.412 e. The summed E-state index contributed by atoms with van der Waals surface area (Å²) in [6, 6.07) is 3.00. The lowest BCUT2D eigenvalue weighted by molar-refractivity contribution is -0.144. The van der Waals surface area contributed by atoms with Crippen LogP contribution in [0.5, 0.6) is 5.75 Å². The molecular formula is C26H33F3N6O3. The first-order valence-corrected chi connectivity index (χ1v) is 12.7. The van der Waals surface area contributed by atoms with Gasteiger partial charge in [0, 0.05) is 51.3 Å². The number of anilines is 2. The lowest BCUT2D eigenvalue weighted by Gasteiger charge is -2.34. The molecule has 0 saturated carbocycles. The quantitative estimate of drug-likeness (QED) is 0.513. The van der Waals surface area contributed by atoms with Gasteiger partial charge in [-0.25, -0.2) is 4.98 Å². The summed E-state index contributed by atoms with van der Waals surface area (Å²) in [6.07, 6.45) is -3.85. The minimum absolute atomic E-state index is 0.00980. The molecule has 1 unspecified atom stereocenters. The van der Waals surface area contributed by atoms with Crippen molar-refractivity contribution in [3.63, 3.8) is 0 Å². The molecule has 1 aromatic carbocycles. The Morgan fingerprint density at radius 1 is 1.16 bits per heavy atom. The Balaban J connectivity index is 1.74. The third-order valence-electron chi connectivity index (χ3n) is 6.94. The molecule has 0 radical (unpaired) electrons. The SMILES string of the molecule is CCOc1ccc(C(Nc2nc(N3CCN(C(C)=O)CC3)nc3c2CN(C(C)C)[C@@H]3C=O)C(F)(F)F)cc1. The Morgan fingerprint density at radius 2 is 1.82 bits per heavy atom. The lowest BCUT2D eigenvalue weighted by atomic mass is 10.1. The van der Waals surface area contributed by atoms with E-state index in [-0.39, 0.29) is 35.8 Å². The van der Waals surface area contributed by atoms with E-state index < -0.39 is 18.3 Å². The molecule has 0 spiro atoms. The van der Waals surface area contributed by atoms with E-state index in [1.54, 1.807) is 11.8 Å². The average Bonchev–Trinajstić information content (AvgIpc) is 3.26. The van der Waals surface area contributed by atoms with Crippen molar-refractivity contribution in [3.8, 4) is 5.75 Å². The number of ether oxygens (including phenoxy) is 1. The van der Waals surface area contributed by atoms with E-state index in [4.69, 9.17) is 4.74 Å². The number of hydrogen-bond acceptors (Lipinski definition) is 8. The van der Waals surface area contributed by atoms with Crippen molar-refractivity contribution >= 4 is 24.0 Å². The number of hydrogen-bond donors (Lipinski definition) is 1. The van der Waals surface area contributed by atoms with Crippen molar-refractivity contribution in [2.24, 2.45) is 0 Å². The Hall–Kier alpha value is -3.41. The molecule has 9 nitrogen and oxygen atoms in total. The fourth-order valence-electron chi connectivity index (χ4n) is 4.87. The van der Waals surface area contributed by atoms with Crippen LogP contribution in [0.3, 0.4) is 0 Å². The molecule has 3 heterocycles. The standard InChI is InChI=1S/C26H33F3N6O3/c1-5-38-19-8-6-18(7-9-19)23(26(27,28)29)31-24-20-14-35(16(2)3)21(15-36)22(20)30-25(32-24)34-12-10-33(11-13-34)17(4)37/h6-9,15-16,21,23H,5,10-14H2,1-4H3,(H,30,31,32)/t21-,23?/m1/s1. The highest BCUT2D eigenvalue weighted by Crippen LogP contribution is 2.41. The summed E-state index contributed by atoms with van der Waals surface area (Å²) in [5.74, 6) is 0.720. The molecular weight excluding hydrogens is 501 g/mol. The Bertz CT molecular complexity index is 1150. The monoisotopic (exact) mass is 534 g/mol. The van der Waals surface area contributed by atoms with Gasteiger partial charge >= 0.3 is 6.18 Å². The number of carbonyl (C=O) groups excluding carboxylic acids is 2. The number of fused-ring (bicyclic) bond motifs is 1. The third-order valence-corrected chi connectivity index (χ3v) is 6.94. The van der Waals surface area contributed by atoms with Crippen LogP contribution in [0.15, 0.2) is 24.3 Å². The van der Waals surface area contributed by atoms with Gasteiger partial charge in [0.15, 0.2) is 0 Å². The maximum absolute atomic E-state index is 14.4. The van der Waals surface area contributed by atoms with Crippen molar-refractivity contribution in [1.29, 1.82) is 0 Å². The highest BCUT2D eigenvalue weighted by atomic mass is 19.4. The number of amides is 1. The summed E-state index contributed by atoms with van der Waals surface area (Å²) < 4.78 is 48.5. The van der Waals surface area contributed by atoms with E-state index in [9.17, 15) is 22.8 Å². The largest absolute Gasteiger partial charge is 0.494 e. The van der Waals surface area contributed by atoms with Gasteiger partial charge in [-0.05, 0) is 38.5 Å². The van der Waals surface area contributed by atoms with Crippen molar-refractivity contribution < 1.29 is 27.5 Å². The van der Waals surface area contributed by atoms with Crippen molar-refractivity contribution in [3.05, 3.63) is 41.1 Å². The molecule has 0 aliphatic carbocycles. The number of carbonyl (C=O) groups is 2. The van der Waals surface area contributed by atoms with Crippen molar-refractivity contribution in [1.82, 2.24) is 19.8 Å². The molecule has 1 saturated heterocycles. The Morgan fingerprint density at radius 3 is 2.34 bits per heavy atom. The van der Waals surface area contributed by atoms with E-state index in [2.05, 4.69) is 15.3 Å². The summed E-state index contributed by atoms with van der Waals surface area (Å²) in [6.45, 7) is 9.54. The van der Waals surface area contributed by atoms with Crippen LogP contribution in [0.2, 0.25) is 0 Å². The van der Waals surface area contributed by atoms with Gasteiger partial charge in [0.1, 0.15) is 29.9 Å². The predicted octanol–water partition coefficient (Wildman–Crippen LogP) is 3.72. The van der Waals surface area contributed by atoms with Crippen LogP contribution in [0.1, 0.15) is 56.6 Å². The zero-order valence-corrected chi connectivity index (χ0v) is 22.0. The Labute approximate surface area is 220 Å². The van der Waals surface area contributed by atoms with Gasteiger partial charge in [0.25, 0.3) is 0 Å². The number of rotatable bonds is 8. The third kappa shape index (κ3) is 5.69. The van der Waals surface area contributed by atoms with Crippen LogP contribution in [0.4, 0.5) is 24.9 Å². The van der Waals surface area contributed by atoms with E-state index in [0.29, 0.717) is 49.8 Å². The molecule has 4 rings (SSSR count). The second-order valence-electron chi connectivity index (χ2n) is 9.70. The number of benzene rings is 1. The van der Waals surface area contributed by atoms with Crippen LogP contribution in [0, 0.1) is 0 Å². The Kier molecular flexibility index (Phi) is 8.10. The fourth-order valence-corrected chi connectivity index (χ4v) is 4.87. The molecule has 2 aromatic rings. The van der Waals surface area contributed by atoms with Crippen molar-refractivity contribution in [2.75, 3.05) is 43.0 Å². The number of alkyl halides is 3. The van der Waals surface area contributed by atoms with Gasteiger partial charge in [-0.15, -0.1) is 0 Å². The predicted molar refractivity (Wildman–Crippen MR) is 136 cm³/mol. The minimum Gasteiger partial charge on any atom is -0.494 e. The number of aromatic nitrogens is 2. The topological polar surface area (TPSA) is 90.9 Å². The molecule has 1 amide bonds. The second kappa shape index (κ2) is 11.1. The molecule has 2 aliphatic rings. The van der Waals surface area contributed by atoms with Crippen LogP contribution >= 0.6 is 0 Å². The summed E-state index contributed by atoms with van der Waals surface area (Å²) >= 11 is 0. The van der Waals surface area contributed by atoms with E-state index in [0.717, 1.165) is 6.29 Å². The fraction of sp³-hybridized carbons (Fsp3) is 0.538. The van der Waals surface area contributed by atoms with Gasteiger partial charge in [-0.1, -0.05) is 12.1 Å². The summed E-state index contributed by atoms with van der Waals surface area (Å²) in [5, 5.41) is 2.65. The number of nitrogens with one attached hydrogen (secondary N) is 1. The first kappa shape index (κ1) is 27.6. The molecule has 1 aromatic heterocycles. The maximum Gasteiger partial charge on any atom is 0.412 e. The summed E-state index contributed by atoms with van der Waals surface area (Å²) in [5.41, 5.74) is 0.889. The molecule has 2 aliphatic heterocycles. The van der Waals surface area contributed by atoms with Crippen LogP contribution in [-0.4, -0.2) is 77.0 Å². The van der Waals surface area contributed by atoms with E-state index in [1.807, 2.05) is 23.6 Å². The van der Waals surface area contributed by atoms with Crippen LogP contribution in [-0.2, 0) is 16.1 Å². The van der Waals surface area contributed by atoms with Crippen LogP contribution < -0.4 is 15.0 Å². The van der Waals surface area contributed by atoms with E-state index in [1.165, 1.54) is 31.2 Å². The zero-order chi connectivity index (χ0) is 27.6. The molecule has 1 N–H and O–H groups in total. The van der Waals surface area contributed by atoms with Gasteiger partial charge < -0.3 is 24.6 Å². The highest BCUT2D eigenvalue weighted by molar-refractivity contribution is 5.73. The lowest BCUT2D eigenvalue weighted by Crippen LogP contribution is -2.48. The van der Waals surface area contributed by atoms with Gasteiger partial charge in [0.2, 0.25) is 11.9 Å². The molecule has 38 heavy (non-hydrogen) atoms. The van der Waals surface area contributed by atoms with Gasteiger partial charge in [-0.3, -0.25) is 9.69 Å². The number of aldehydes is 1. The maximum atomic E-state index is 14.4. The van der Waals surface area contributed by atoms with E-state index >= 15 is 0 Å². The summed E-state index contributed by atoms with van der Waals surface area (Å²) in [7, 11) is 0. The number of piperazine rings is 1. The second-order valence-corrected chi connectivity index (χ2v) is 9.70. The molecule has 206 valence electrons. The minimum atomic E-state index is -4.63. The molecule has 1 fully saturated rings. The van der Waals surface area contributed by atoms with Crippen LogP contribution in [0.25, 0.3) is 0 Å². The van der Waals surface area contributed by atoms with Crippen molar-refractivity contribution in [2.45, 2.75) is 58.5 Å². The normalized spacial score (nSPS) is 18.9. The molecule has 0 bridgehead atoms. The molecule has 12 heteroatoms. The average molecular weight is 535 g/mol. The first-order valence-electron chi connectivity index (χ1n) is 12.7. The molecule has 2 atom stereocenters. The zero-order valence-electron chi connectivity index (χ0n) is 22.0.